The highest BCUT2D eigenvalue weighted by Gasteiger charge is 2.45. The van der Waals surface area contributed by atoms with Crippen molar-refractivity contribution in [3.63, 3.8) is 0 Å². The number of nitrogens with zero attached hydrogens (tertiary/aromatic N) is 1. The van der Waals surface area contributed by atoms with Crippen molar-refractivity contribution in [3.05, 3.63) is 58.9 Å². The van der Waals surface area contributed by atoms with Crippen LogP contribution in [0.1, 0.15) is 36.0 Å². The molecule has 0 radical (unpaired) electrons. The number of ether oxygens (including phenoxy) is 2. The fraction of sp³-hybridized carbons (Fsp3) is 0.435. The minimum atomic E-state index is -4.83. The van der Waals surface area contributed by atoms with Crippen molar-refractivity contribution < 1.29 is 31.8 Å². The van der Waals surface area contributed by atoms with Gasteiger partial charge in [0.1, 0.15) is 11.6 Å². The second kappa shape index (κ2) is 8.40. The second-order valence-electron chi connectivity index (χ2n) is 7.88. The summed E-state index contributed by atoms with van der Waals surface area (Å²) in [5, 5.41) is 0. The van der Waals surface area contributed by atoms with E-state index >= 15 is 0 Å². The lowest BCUT2D eigenvalue weighted by Crippen LogP contribution is -2.27. The lowest BCUT2D eigenvalue weighted by Gasteiger charge is -2.24. The van der Waals surface area contributed by atoms with Gasteiger partial charge in [-0.1, -0.05) is 18.2 Å². The predicted molar refractivity (Wildman–Crippen MR) is 107 cm³/mol. The summed E-state index contributed by atoms with van der Waals surface area (Å²) in [6.07, 6.45) is -2.78. The highest BCUT2D eigenvalue weighted by Crippen LogP contribution is 2.48. The van der Waals surface area contributed by atoms with Gasteiger partial charge in [0.25, 0.3) is 0 Å². The normalized spacial score (nSPS) is 20.6. The first kappa shape index (κ1) is 21.5. The Morgan fingerprint density at radius 2 is 1.84 bits per heavy atom. The summed E-state index contributed by atoms with van der Waals surface area (Å²) in [4.78, 5) is 13.7. The van der Waals surface area contributed by atoms with Crippen molar-refractivity contribution in [1.82, 2.24) is 0 Å². The Morgan fingerprint density at radius 1 is 1.10 bits per heavy atom. The highest BCUT2D eigenvalue weighted by atomic mass is 19.4. The minimum absolute atomic E-state index is 0.0919. The molecule has 31 heavy (non-hydrogen) atoms. The van der Waals surface area contributed by atoms with E-state index in [1.165, 1.54) is 0 Å². The number of carbonyl (C=O) groups is 1. The molecule has 2 atom stereocenters. The second-order valence-corrected chi connectivity index (χ2v) is 7.88. The maximum absolute atomic E-state index is 14.4. The average Bonchev–Trinajstić information content (AvgIpc) is 3.52. The molecule has 0 spiro atoms. The first-order valence-electron chi connectivity index (χ1n) is 10.3. The number of halogens is 4. The van der Waals surface area contributed by atoms with E-state index in [0.717, 1.165) is 41.3 Å². The largest absolute Gasteiger partial charge is 0.573 e. The SMILES string of the molecule is CCOC(=O)C1CC1c1ccc2c(c1)CCN(c1cc(OC(F)(F)F)ccc1F)CC2. The van der Waals surface area contributed by atoms with Gasteiger partial charge in [-0.3, -0.25) is 4.79 Å². The molecule has 2 aliphatic rings. The van der Waals surface area contributed by atoms with Crippen molar-refractivity contribution in [2.45, 2.75) is 38.5 Å². The molecule has 166 valence electrons. The van der Waals surface area contributed by atoms with Gasteiger partial charge in [0.2, 0.25) is 0 Å². The van der Waals surface area contributed by atoms with Gasteiger partial charge in [-0.05, 0) is 60.9 Å². The van der Waals surface area contributed by atoms with Crippen LogP contribution in [0.25, 0.3) is 0 Å². The molecule has 0 bridgehead atoms. The van der Waals surface area contributed by atoms with Crippen molar-refractivity contribution >= 4 is 11.7 Å². The molecule has 1 saturated carbocycles. The van der Waals surface area contributed by atoms with Crippen molar-refractivity contribution in [2.24, 2.45) is 5.92 Å². The maximum atomic E-state index is 14.4. The quantitative estimate of drug-likeness (QED) is 0.488. The number of anilines is 1. The molecule has 2 aromatic rings. The average molecular weight is 437 g/mol. The third-order valence-electron chi connectivity index (χ3n) is 5.83. The van der Waals surface area contributed by atoms with E-state index in [-0.39, 0.29) is 23.5 Å². The molecule has 0 amide bonds. The molecule has 2 aromatic carbocycles. The van der Waals surface area contributed by atoms with Crippen LogP contribution in [0.2, 0.25) is 0 Å². The fourth-order valence-corrected chi connectivity index (χ4v) is 4.22. The van der Waals surface area contributed by atoms with E-state index in [2.05, 4.69) is 10.8 Å². The van der Waals surface area contributed by atoms with Crippen LogP contribution in [0.4, 0.5) is 23.2 Å². The van der Waals surface area contributed by atoms with Crippen LogP contribution in [0, 0.1) is 11.7 Å². The Bertz CT molecular complexity index is 976. The van der Waals surface area contributed by atoms with Gasteiger partial charge in [-0.2, -0.15) is 0 Å². The van der Waals surface area contributed by atoms with Crippen molar-refractivity contribution in [3.8, 4) is 5.75 Å². The molecular weight excluding hydrogens is 414 g/mol. The molecule has 0 aromatic heterocycles. The maximum Gasteiger partial charge on any atom is 0.573 e. The minimum Gasteiger partial charge on any atom is -0.466 e. The van der Waals surface area contributed by atoms with Gasteiger partial charge < -0.3 is 14.4 Å². The number of fused-ring (bicyclic) bond motifs is 1. The van der Waals surface area contributed by atoms with Crippen LogP contribution < -0.4 is 9.64 Å². The summed E-state index contributed by atoms with van der Waals surface area (Å²) in [7, 11) is 0. The van der Waals surface area contributed by atoms with E-state index in [9.17, 15) is 22.4 Å². The molecule has 4 nitrogen and oxygen atoms in total. The van der Waals surface area contributed by atoms with Gasteiger partial charge in [-0.15, -0.1) is 13.2 Å². The van der Waals surface area contributed by atoms with Gasteiger partial charge in [0.15, 0.2) is 0 Å². The smallest absolute Gasteiger partial charge is 0.466 e. The zero-order chi connectivity index (χ0) is 22.2. The van der Waals surface area contributed by atoms with Gasteiger partial charge >= 0.3 is 12.3 Å². The van der Waals surface area contributed by atoms with E-state index in [0.29, 0.717) is 32.5 Å². The molecule has 1 aliphatic carbocycles. The molecule has 1 aliphatic heterocycles. The number of benzene rings is 2. The molecule has 0 saturated heterocycles. The zero-order valence-electron chi connectivity index (χ0n) is 17.0. The number of esters is 1. The van der Waals surface area contributed by atoms with E-state index in [1.54, 1.807) is 11.8 Å². The fourth-order valence-electron chi connectivity index (χ4n) is 4.22. The molecule has 2 unspecified atom stereocenters. The number of rotatable bonds is 5. The Balaban J connectivity index is 1.48. The summed E-state index contributed by atoms with van der Waals surface area (Å²) < 4.78 is 61.0. The third-order valence-corrected chi connectivity index (χ3v) is 5.83. The number of alkyl halides is 3. The molecular formula is C23H23F4NO3. The van der Waals surface area contributed by atoms with E-state index in [1.807, 2.05) is 12.1 Å². The first-order chi connectivity index (χ1) is 14.7. The Kier molecular flexibility index (Phi) is 5.81. The standard InChI is InChI=1S/C23H23F4NO3/c1-2-30-22(29)19-13-18(19)16-4-3-14-7-9-28(10-8-15(14)11-16)21-12-17(5-6-20(21)24)31-23(25,26)27/h3-6,11-12,18-19H,2,7-10,13H2,1H3. The molecule has 0 N–H and O–H groups in total. The van der Waals surface area contributed by atoms with Crippen LogP contribution in [0.3, 0.4) is 0 Å². The van der Waals surface area contributed by atoms with Gasteiger partial charge in [0, 0.05) is 19.2 Å². The topological polar surface area (TPSA) is 38.8 Å². The number of hydrogen-bond acceptors (Lipinski definition) is 4. The number of carbonyl (C=O) groups excluding carboxylic acids is 1. The monoisotopic (exact) mass is 437 g/mol. The van der Waals surface area contributed by atoms with E-state index in [4.69, 9.17) is 4.74 Å². The Labute approximate surface area is 177 Å². The van der Waals surface area contributed by atoms with Gasteiger partial charge in [0.05, 0.1) is 18.2 Å². The Hall–Kier alpha value is -2.77. The lowest BCUT2D eigenvalue weighted by atomic mass is 9.97. The molecule has 4 rings (SSSR count). The van der Waals surface area contributed by atoms with Crippen LogP contribution in [-0.4, -0.2) is 32.0 Å². The molecule has 1 fully saturated rings. The van der Waals surface area contributed by atoms with Crippen molar-refractivity contribution in [2.75, 3.05) is 24.6 Å². The lowest BCUT2D eigenvalue weighted by molar-refractivity contribution is -0.274. The first-order valence-corrected chi connectivity index (χ1v) is 10.3. The summed E-state index contributed by atoms with van der Waals surface area (Å²) in [6, 6.07) is 9.22. The highest BCUT2D eigenvalue weighted by molar-refractivity contribution is 5.77. The van der Waals surface area contributed by atoms with Crippen LogP contribution >= 0.6 is 0 Å². The molecule has 1 heterocycles. The third kappa shape index (κ3) is 4.94. The van der Waals surface area contributed by atoms with Gasteiger partial charge in [-0.25, -0.2) is 4.39 Å². The zero-order valence-corrected chi connectivity index (χ0v) is 17.0. The summed E-state index contributed by atoms with van der Waals surface area (Å²) in [5.41, 5.74) is 3.44. The van der Waals surface area contributed by atoms with Crippen LogP contribution in [-0.2, 0) is 22.4 Å². The summed E-state index contributed by atoms with van der Waals surface area (Å²) in [6.45, 7) is 3.10. The van der Waals surface area contributed by atoms with Crippen molar-refractivity contribution in [1.29, 1.82) is 0 Å². The Morgan fingerprint density at radius 3 is 2.55 bits per heavy atom. The van der Waals surface area contributed by atoms with Crippen LogP contribution in [0.5, 0.6) is 5.75 Å². The van der Waals surface area contributed by atoms with E-state index < -0.39 is 17.9 Å². The summed E-state index contributed by atoms with van der Waals surface area (Å²) in [5.74, 6) is -1.11. The number of hydrogen-bond donors (Lipinski definition) is 0. The molecule has 8 heteroatoms. The summed E-state index contributed by atoms with van der Waals surface area (Å²) >= 11 is 0. The van der Waals surface area contributed by atoms with Crippen LogP contribution in [0.15, 0.2) is 36.4 Å². The predicted octanol–water partition coefficient (Wildman–Crippen LogP) is 5.00.